The highest BCUT2D eigenvalue weighted by atomic mass is 19.4. The molecular formula is C30H33F4N5O3. The van der Waals surface area contributed by atoms with E-state index >= 15 is 4.39 Å². The number of aliphatic hydroxyl groups is 1. The van der Waals surface area contributed by atoms with Gasteiger partial charge >= 0.3 is 6.18 Å². The molecule has 2 aliphatic heterocycles. The van der Waals surface area contributed by atoms with Crippen LogP contribution in [0.2, 0.25) is 0 Å². The predicted molar refractivity (Wildman–Crippen MR) is 151 cm³/mol. The molecule has 0 radical (unpaired) electrons. The van der Waals surface area contributed by atoms with E-state index in [-0.39, 0.29) is 22.7 Å². The first-order chi connectivity index (χ1) is 19.9. The fourth-order valence-corrected chi connectivity index (χ4v) is 5.62. The lowest BCUT2D eigenvalue weighted by atomic mass is 9.93. The SMILES string of the molecule is COc1cc(C(F)(F)F)c(C(N)=O)c(-c2cc(-c3cc(CN4CCC(O)C4)ccc3F)ccc2N2CCN(C)CC2)n1. The fourth-order valence-electron chi connectivity index (χ4n) is 5.62. The average Bonchev–Trinajstić information content (AvgIpc) is 3.37. The number of nitrogens with two attached hydrogens (primary N) is 1. The smallest absolute Gasteiger partial charge is 0.417 e. The van der Waals surface area contributed by atoms with Crippen LogP contribution in [0, 0.1) is 5.82 Å². The summed E-state index contributed by atoms with van der Waals surface area (Å²) in [5.41, 5.74) is 5.45. The molecule has 12 heteroatoms. The van der Waals surface area contributed by atoms with Gasteiger partial charge in [-0.2, -0.15) is 13.2 Å². The third-order valence-electron chi connectivity index (χ3n) is 7.85. The number of likely N-dealkylation sites (tertiary alicyclic amines) is 1. The minimum atomic E-state index is -4.91. The zero-order valence-electron chi connectivity index (χ0n) is 23.4. The van der Waals surface area contributed by atoms with Gasteiger partial charge in [-0.3, -0.25) is 9.69 Å². The number of piperazine rings is 1. The number of pyridine rings is 1. The molecule has 2 fully saturated rings. The first-order valence-electron chi connectivity index (χ1n) is 13.7. The summed E-state index contributed by atoms with van der Waals surface area (Å²) >= 11 is 0. The van der Waals surface area contributed by atoms with Crippen molar-refractivity contribution in [1.29, 1.82) is 0 Å². The zero-order valence-corrected chi connectivity index (χ0v) is 23.4. The summed E-state index contributed by atoms with van der Waals surface area (Å²) < 4.78 is 62.9. The van der Waals surface area contributed by atoms with Crippen molar-refractivity contribution in [3.05, 3.63) is 65.0 Å². The summed E-state index contributed by atoms with van der Waals surface area (Å²) in [6.07, 6.45) is -4.64. The van der Waals surface area contributed by atoms with Gasteiger partial charge in [-0.1, -0.05) is 12.1 Å². The highest BCUT2D eigenvalue weighted by molar-refractivity contribution is 6.02. The first kappa shape index (κ1) is 29.7. The maximum absolute atomic E-state index is 15.3. The summed E-state index contributed by atoms with van der Waals surface area (Å²) in [5, 5.41) is 9.88. The van der Waals surface area contributed by atoms with Crippen molar-refractivity contribution in [3.8, 4) is 28.3 Å². The molecule has 3 N–H and O–H groups in total. The molecule has 0 spiro atoms. The van der Waals surface area contributed by atoms with Crippen LogP contribution in [0.3, 0.4) is 0 Å². The lowest BCUT2D eigenvalue weighted by Crippen LogP contribution is -2.44. The van der Waals surface area contributed by atoms with Gasteiger partial charge in [0.2, 0.25) is 5.88 Å². The number of amides is 1. The Kier molecular flexibility index (Phi) is 8.40. The Morgan fingerprint density at radius 2 is 1.81 bits per heavy atom. The lowest BCUT2D eigenvalue weighted by molar-refractivity contribution is -0.138. The maximum atomic E-state index is 15.3. The average molecular weight is 588 g/mol. The Morgan fingerprint density at radius 3 is 2.43 bits per heavy atom. The number of β-amino-alcohol motifs (C(OH)–C–C–N with tert-alkyl or cyclic N) is 1. The summed E-state index contributed by atoms with van der Waals surface area (Å²) in [6.45, 7) is 4.34. The number of methoxy groups -OCH3 is 1. The number of primary amides is 1. The molecule has 42 heavy (non-hydrogen) atoms. The van der Waals surface area contributed by atoms with Crippen molar-refractivity contribution in [1.82, 2.24) is 14.8 Å². The molecule has 2 saturated heterocycles. The van der Waals surface area contributed by atoms with Crippen molar-refractivity contribution in [2.24, 2.45) is 5.73 Å². The van der Waals surface area contributed by atoms with Crippen molar-refractivity contribution in [3.63, 3.8) is 0 Å². The second-order valence-electron chi connectivity index (χ2n) is 10.8. The van der Waals surface area contributed by atoms with Crippen molar-refractivity contribution in [2.75, 3.05) is 58.3 Å². The highest BCUT2D eigenvalue weighted by Crippen LogP contribution is 2.42. The first-order valence-corrected chi connectivity index (χ1v) is 13.7. The summed E-state index contributed by atoms with van der Waals surface area (Å²) in [5.74, 6) is -2.13. The number of hydrogen-bond donors (Lipinski definition) is 2. The number of halogens is 4. The number of nitrogens with zero attached hydrogens (tertiary/aromatic N) is 4. The largest absolute Gasteiger partial charge is 0.481 e. The van der Waals surface area contributed by atoms with E-state index in [1.165, 1.54) is 13.2 Å². The van der Waals surface area contributed by atoms with Crippen molar-refractivity contribution < 1.29 is 32.2 Å². The van der Waals surface area contributed by atoms with E-state index in [1.54, 1.807) is 30.3 Å². The fraction of sp³-hybridized carbons (Fsp3) is 0.400. The van der Waals surface area contributed by atoms with Crippen LogP contribution >= 0.6 is 0 Å². The molecular weight excluding hydrogens is 554 g/mol. The Hall–Kier alpha value is -3.74. The molecule has 3 aromatic rings. The summed E-state index contributed by atoms with van der Waals surface area (Å²) in [6, 6.07) is 10.4. The van der Waals surface area contributed by atoms with Gasteiger partial charge in [0.15, 0.2) is 0 Å². The molecule has 1 unspecified atom stereocenters. The summed E-state index contributed by atoms with van der Waals surface area (Å²) in [7, 11) is 3.17. The normalized spacial score (nSPS) is 18.5. The number of aliphatic hydroxyl groups excluding tert-OH is 1. The monoisotopic (exact) mass is 587 g/mol. The molecule has 224 valence electrons. The van der Waals surface area contributed by atoms with Crippen LogP contribution in [0.1, 0.15) is 27.9 Å². The van der Waals surface area contributed by atoms with Crippen LogP contribution in [0.25, 0.3) is 22.4 Å². The molecule has 0 saturated carbocycles. The van der Waals surface area contributed by atoms with E-state index in [2.05, 4.69) is 14.8 Å². The number of aromatic nitrogens is 1. The van der Waals surface area contributed by atoms with Gasteiger partial charge in [0.1, 0.15) is 5.82 Å². The number of rotatable bonds is 7. The molecule has 1 aromatic heterocycles. The topological polar surface area (TPSA) is 95.2 Å². The minimum absolute atomic E-state index is 0.211. The molecule has 0 bridgehead atoms. The third kappa shape index (κ3) is 6.20. The van der Waals surface area contributed by atoms with Crippen LogP contribution < -0.4 is 15.4 Å². The van der Waals surface area contributed by atoms with Gasteiger partial charge in [-0.05, 0) is 48.9 Å². The van der Waals surface area contributed by atoms with Crippen LogP contribution in [0.5, 0.6) is 5.88 Å². The van der Waals surface area contributed by atoms with Gasteiger partial charge in [0, 0.05) is 68.7 Å². The van der Waals surface area contributed by atoms with Crippen LogP contribution in [0.4, 0.5) is 23.2 Å². The maximum Gasteiger partial charge on any atom is 0.417 e. The van der Waals surface area contributed by atoms with Gasteiger partial charge in [-0.15, -0.1) is 0 Å². The van der Waals surface area contributed by atoms with E-state index in [9.17, 15) is 23.1 Å². The number of carbonyl (C=O) groups excluding carboxylic acids is 1. The standard InChI is InChI=1S/C30H33F4N5O3/c1-37-9-11-39(12-10-37)25-6-4-19(21-13-18(3-5-24(21)31)16-38-8-7-20(40)17-38)14-22(25)28-27(29(35)41)23(30(32,33)34)15-26(36-28)42-2/h3-6,13-15,20,40H,7-12,16-17H2,1-2H3,(H2,35,41). The predicted octanol–water partition coefficient (Wildman–Crippen LogP) is 4.00. The number of ether oxygens (including phenoxy) is 1. The molecule has 1 atom stereocenters. The second-order valence-corrected chi connectivity index (χ2v) is 10.8. The van der Waals surface area contributed by atoms with Gasteiger partial charge in [0.25, 0.3) is 5.91 Å². The Bertz CT molecular complexity index is 1470. The Morgan fingerprint density at radius 1 is 1.07 bits per heavy atom. The van der Waals surface area contributed by atoms with E-state index in [0.29, 0.717) is 63.0 Å². The molecule has 3 heterocycles. The Labute approximate surface area is 241 Å². The molecule has 2 aromatic carbocycles. The number of benzene rings is 2. The van der Waals surface area contributed by atoms with E-state index in [0.717, 1.165) is 12.1 Å². The number of alkyl halides is 3. The molecule has 5 rings (SSSR count). The number of likely N-dealkylation sites (N-methyl/N-ethyl adjacent to an activating group) is 1. The van der Waals surface area contributed by atoms with Gasteiger partial charge < -0.3 is 25.4 Å². The molecule has 2 aliphatic rings. The third-order valence-corrected chi connectivity index (χ3v) is 7.85. The zero-order chi connectivity index (χ0) is 30.2. The summed E-state index contributed by atoms with van der Waals surface area (Å²) in [4.78, 5) is 23.1. The van der Waals surface area contributed by atoms with E-state index in [4.69, 9.17) is 10.5 Å². The van der Waals surface area contributed by atoms with Crippen molar-refractivity contribution >= 4 is 11.6 Å². The van der Waals surface area contributed by atoms with Gasteiger partial charge in [0.05, 0.1) is 30.0 Å². The van der Waals surface area contributed by atoms with Crippen LogP contribution in [-0.2, 0) is 12.7 Å². The number of carbonyl (C=O) groups is 1. The van der Waals surface area contributed by atoms with Crippen molar-refractivity contribution in [2.45, 2.75) is 25.2 Å². The van der Waals surface area contributed by atoms with E-state index in [1.807, 2.05) is 11.9 Å². The van der Waals surface area contributed by atoms with E-state index < -0.39 is 35.1 Å². The number of hydrogen-bond acceptors (Lipinski definition) is 7. The van der Waals surface area contributed by atoms with Gasteiger partial charge in [-0.25, -0.2) is 9.37 Å². The number of anilines is 1. The lowest BCUT2D eigenvalue weighted by Gasteiger charge is -2.35. The second kappa shape index (κ2) is 11.9. The molecule has 1 amide bonds. The van der Waals surface area contributed by atoms with Crippen LogP contribution in [-0.4, -0.2) is 85.3 Å². The molecule has 8 nitrogen and oxygen atoms in total. The quantitative estimate of drug-likeness (QED) is 0.404. The highest BCUT2D eigenvalue weighted by Gasteiger charge is 2.38. The Balaban J connectivity index is 1.69. The van der Waals surface area contributed by atoms with Crippen LogP contribution in [0.15, 0.2) is 42.5 Å². The molecule has 0 aliphatic carbocycles. The minimum Gasteiger partial charge on any atom is -0.481 e.